The largest absolute Gasteiger partial charge is 0.326 e. The molecule has 2 rings (SSSR count). The molecule has 110 valence electrons. The lowest BCUT2D eigenvalue weighted by Crippen LogP contribution is -2.31. The maximum Gasteiger partial charge on any atom is 0.227 e. The third-order valence-electron chi connectivity index (χ3n) is 3.59. The first-order chi connectivity index (χ1) is 9.54. The summed E-state index contributed by atoms with van der Waals surface area (Å²) in [6.07, 6.45) is 3.11. The quantitative estimate of drug-likeness (QED) is 0.801. The van der Waals surface area contributed by atoms with Crippen molar-refractivity contribution in [3.63, 3.8) is 0 Å². The van der Waals surface area contributed by atoms with Crippen LogP contribution in [-0.4, -0.2) is 18.5 Å². The molecular weight excluding hydrogens is 248 g/mol. The van der Waals surface area contributed by atoms with Gasteiger partial charge in [0, 0.05) is 17.6 Å². The second kappa shape index (κ2) is 6.89. The predicted molar refractivity (Wildman–Crippen MR) is 83.8 cm³/mol. The van der Waals surface area contributed by atoms with E-state index in [4.69, 9.17) is 0 Å². The summed E-state index contributed by atoms with van der Waals surface area (Å²) in [6, 6.07) is 8.70. The zero-order chi connectivity index (χ0) is 14.5. The number of nitrogens with one attached hydrogen (secondary N) is 2. The van der Waals surface area contributed by atoms with Gasteiger partial charge in [0.1, 0.15) is 0 Å². The van der Waals surface area contributed by atoms with Crippen molar-refractivity contribution >= 4 is 11.6 Å². The first-order valence-corrected chi connectivity index (χ1v) is 7.67. The van der Waals surface area contributed by atoms with Crippen LogP contribution < -0.4 is 10.6 Å². The molecule has 0 radical (unpaired) electrons. The molecule has 1 unspecified atom stereocenters. The Hall–Kier alpha value is -1.35. The summed E-state index contributed by atoms with van der Waals surface area (Å²) in [7, 11) is 0. The van der Waals surface area contributed by atoms with E-state index in [1.54, 1.807) is 0 Å². The van der Waals surface area contributed by atoms with E-state index in [9.17, 15) is 4.79 Å². The number of rotatable bonds is 7. The van der Waals surface area contributed by atoms with Gasteiger partial charge < -0.3 is 10.6 Å². The third kappa shape index (κ3) is 4.97. The van der Waals surface area contributed by atoms with E-state index in [2.05, 4.69) is 43.5 Å². The summed E-state index contributed by atoms with van der Waals surface area (Å²) in [5.41, 5.74) is 2.21. The van der Waals surface area contributed by atoms with Crippen LogP contribution in [0, 0.1) is 11.8 Å². The van der Waals surface area contributed by atoms with Crippen molar-refractivity contribution in [2.75, 3.05) is 11.9 Å². The fourth-order valence-electron chi connectivity index (χ4n) is 2.18. The molecule has 2 N–H and O–H groups in total. The Balaban J connectivity index is 1.79. The normalized spacial score (nSPS) is 16.2. The van der Waals surface area contributed by atoms with Gasteiger partial charge in [-0.1, -0.05) is 26.0 Å². The molecule has 3 nitrogen and oxygen atoms in total. The number of hydrogen-bond donors (Lipinski definition) is 2. The lowest BCUT2D eigenvalue weighted by atomic mass is 10.1. The predicted octanol–water partition coefficient (Wildman–Crippen LogP) is 3.21. The van der Waals surface area contributed by atoms with Crippen molar-refractivity contribution in [3.8, 4) is 0 Å². The van der Waals surface area contributed by atoms with Gasteiger partial charge in [0.25, 0.3) is 0 Å². The highest BCUT2D eigenvalue weighted by molar-refractivity contribution is 5.93. The standard InChI is InChI=1S/C17H26N2O/c1-12(2)11-18-13(3)10-14-4-8-16(9-5-14)19-17(20)15-6-7-15/h4-5,8-9,12-13,15,18H,6-7,10-11H2,1-3H3,(H,19,20). The van der Waals surface area contributed by atoms with Crippen molar-refractivity contribution < 1.29 is 4.79 Å². The molecular formula is C17H26N2O. The molecule has 0 saturated heterocycles. The molecule has 1 atom stereocenters. The summed E-state index contributed by atoms with van der Waals surface area (Å²) >= 11 is 0. The maximum atomic E-state index is 11.7. The highest BCUT2D eigenvalue weighted by Crippen LogP contribution is 2.30. The van der Waals surface area contributed by atoms with Gasteiger partial charge in [0.15, 0.2) is 0 Å². The van der Waals surface area contributed by atoms with Crippen LogP contribution in [-0.2, 0) is 11.2 Å². The first-order valence-electron chi connectivity index (χ1n) is 7.67. The van der Waals surface area contributed by atoms with E-state index in [-0.39, 0.29) is 11.8 Å². The Bertz CT molecular complexity index is 435. The second-order valence-electron chi connectivity index (χ2n) is 6.37. The molecule has 0 spiro atoms. The molecule has 1 aliphatic carbocycles. The SMILES string of the molecule is CC(C)CNC(C)Cc1ccc(NC(=O)C2CC2)cc1. The Morgan fingerprint density at radius 1 is 1.20 bits per heavy atom. The van der Waals surface area contributed by atoms with Crippen molar-refractivity contribution in [1.29, 1.82) is 0 Å². The average Bonchev–Trinajstić information content (AvgIpc) is 3.23. The molecule has 1 amide bonds. The van der Waals surface area contributed by atoms with Crippen LogP contribution in [0.2, 0.25) is 0 Å². The van der Waals surface area contributed by atoms with E-state index >= 15 is 0 Å². The smallest absolute Gasteiger partial charge is 0.227 e. The van der Waals surface area contributed by atoms with Crippen molar-refractivity contribution in [3.05, 3.63) is 29.8 Å². The van der Waals surface area contributed by atoms with Crippen LogP contribution in [0.15, 0.2) is 24.3 Å². The van der Waals surface area contributed by atoms with Gasteiger partial charge in [-0.3, -0.25) is 4.79 Å². The lowest BCUT2D eigenvalue weighted by Gasteiger charge is -2.15. The number of amides is 1. The highest BCUT2D eigenvalue weighted by atomic mass is 16.2. The van der Waals surface area contributed by atoms with Crippen LogP contribution in [0.5, 0.6) is 0 Å². The number of carbonyl (C=O) groups is 1. The molecule has 0 aliphatic heterocycles. The van der Waals surface area contributed by atoms with Gasteiger partial charge in [-0.25, -0.2) is 0 Å². The molecule has 0 bridgehead atoms. The van der Waals surface area contributed by atoms with Crippen LogP contribution in [0.1, 0.15) is 39.2 Å². The summed E-state index contributed by atoms with van der Waals surface area (Å²) in [6.45, 7) is 7.70. The van der Waals surface area contributed by atoms with Gasteiger partial charge in [0.05, 0.1) is 0 Å². The van der Waals surface area contributed by atoms with Crippen LogP contribution in [0.25, 0.3) is 0 Å². The van der Waals surface area contributed by atoms with E-state index in [0.29, 0.717) is 12.0 Å². The summed E-state index contributed by atoms with van der Waals surface area (Å²) in [4.78, 5) is 11.7. The third-order valence-corrected chi connectivity index (χ3v) is 3.59. The van der Waals surface area contributed by atoms with Crippen LogP contribution in [0.4, 0.5) is 5.69 Å². The van der Waals surface area contributed by atoms with Gasteiger partial charge in [0.2, 0.25) is 5.91 Å². The fourth-order valence-corrected chi connectivity index (χ4v) is 2.18. The minimum Gasteiger partial charge on any atom is -0.326 e. The number of carbonyl (C=O) groups excluding carboxylic acids is 1. The summed E-state index contributed by atoms with van der Waals surface area (Å²) < 4.78 is 0. The summed E-state index contributed by atoms with van der Waals surface area (Å²) in [5.74, 6) is 1.11. The zero-order valence-electron chi connectivity index (χ0n) is 12.8. The molecule has 1 aromatic carbocycles. The topological polar surface area (TPSA) is 41.1 Å². The second-order valence-corrected chi connectivity index (χ2v) is 6.37. The number of benzene rings is 1. The lowest BCUT2D eigenvalue weighted by molar-refractivity contribution is -0.117. The first kappa shape index (κ1) is 15.0. The highest BCUT2D eigenvalue weighted by Gasteiger charge is 2.29. The monoisotopic (exact) mass is 274 g/mol. The van der Waals surface area contributed by atoms with Crippen molar-refractivity contribution in [1.82, 2.24) is 5.32 Å². The summed E-state index contributed by atoms with van der Waals surface area (Å²) in [5, 5.41) is 6.50. The maximum absolute atomic E-state index is 11.7. The van der Waals surface area contributed by atoms with Gasteiger partial charge in [-0.15, -0.1) is 0 Å². The molecule has 3 heteroatoms. The van der Waals surface area contributed by atoms with Crippen molar-refractivity contribution in [2.24, 2.45) is 11.8 Å². The average molecular weight is 274 g/mol. The van der Waals surface area contributed by atoms with E-state index in [1.807, 2.05) is 12.1 Å². The molecule has 1 aromatic rings. The van der Waals surface area contributed by atoms with Gasteiger partial charge in [-0.2, -0.15) is 0 Å². The Kier molecular flexibility index (Phi) is 5.18. The molecule has 1 saturated carbocycles. The molecule has 1 fully saturated rings. The molecule has 0 heterocycles. The minimum absolute atomic E-state index is 0.171. The Labute approximate surface area is 122 Å². The zero-order valence-corrected chi connectivity index (χ0v) is 12.8. The van der Waals surface area contributed by atoms with Crippen LogP contribution >= 0.6 is 0 Å². The van der Waals surface area contributed by atoms with E-state index in [1.165, 1.54) is 5.56 Å². The van der Waals surface area contributed by atoms with E-state index in [0.717, 1.165) is 31.5 Å². The molecule has 20 heavy (non-hydrogen) atoms. The number of anilines is 1. The van der Waals surface area contributed by atoms with Gasteiger partial charge in [-0.05, 0) is 56.3 Å². The molecule has 1 aliphatic rings. The van der Waals surface area contributed by atoms with Crippen LogP contribution in [0.3, 0.4) is 0 Å². The van der Waals surface area contributed by atoms with E-state index < -0.39 is 0 Å². The fraction of sp³-hybridized carbons (Fsp3) is 0.588. The van der Waals surface area contributed by atoms with Crippen molar-refractivity contribution in [2.45, 2.75) is 46.1 Å². The minimum atomic E-state index is 0.171. The molecule has 0 aromatic heterocycles. The Morgan fingerprint density at radius 3 is 2.40 bits per heavy atom. The number of hydrogen-bond acceptors (Lipinski definition) is 2. The van der Waals surface area contributed by atoms with Gasteiger partial charge >= 0.3 is 0 Å². The Morgan fingerprint density at radius 2 is 1.85 bits per heavy atom.